The topological polar surface area (TPSA) is 61.2 Å². The van der Waals surface area contributed by atoms with E-state index in [1.807, 2.05) is 55.5 Å². The molecule has 3 aromatic carbocycles. The van der Waals surface area contributed by atoms with Crippen molar-refractivity contribution in [3.05, 3.63) is 78.6 Å². The van der Waals surface area contributed by atoms with E-state index in [2.05, 4.69) is 4.98 Å². The summed E-state index contributed by atoms with van der Waals surface area (Å²) in [5.41, 5.74) is 1.38. The van der Waals surface area contributed by atoms with Crippen LogP contribution < -0.4 is 4.74 Å². The predicted molar refractivity (Wildman–Crippen MR) is 110 cm³/mol. The lowest BCUT2D eigenvalue weighted by Crippen LogP contribution is -2.14. The SMILES string of the molecule is CCOc1ccc(S(=O)(=O)n2cc(C)nc2-c2ccccc2)c2ccccc12. The maximum Gasteiger partial charge on any atom is 0.270 e. The van der Waals surface area contributed by atoms with E-state index in [0.29, 0.717) is 29.3 Å². The van der Waals surface area contributed by atoms with E-state index in [1.54, 1.807) is 31.3 Å². The van der Waals surface area contributed by atoms with Gasteiger partial charge in [0.15, 0.2) is 5.82 Å². The van der Waals surface area contributed by atoms with Crippen molar-refractivity contribution >= 4 is 20.8 Å². The average Bonchev–Trinajstić information content (AvgIpc) is 3.12. The minimum atomic E-state index is -3.86. The van der Waals surface area contributed by atoms with Gasteiger partial charge in [0.2, 0.25) is 0 Å². The first-order valence-corrected chi connectivity index (χ1v) is 10.5. The molecule has 4 rings (SSSR count). The number of hydrogen-bond acceptors (Lipinski definition) is 4. The number of imidazole rings is 1. The highest BCUT2D eigenvalue weighted by Gasteiger charge is 2.25. The fourth-order valence-corrected chi connectivity index (χ4v) is 4.87. The molecule has 4 aromatic rings. The molecule has 0 saturated heterocycles. The van der Waals surface area contributed by atoms with Crippen molar-refractivity contribution in [2.24, 2.45) is 0 Å². The third-order valence-corrected chi connectivity index (χ3v) is 6.22. The number of rotatable bonds is 5. The van der Waals surface area contributed by atoms with Crippen molar-refractivity contribution in [2.75, 3.05) is 6.61 Å². The van der Waals surface area contributed by atoms with Gasteiger partial charge >= 0.3 is 0 Å². The van der Waals surface area contributed by atoms with Gasteiger partial charge < -0.3 is 4.74 Å². The second-order valence-corrected chi connectivity index (χ2v) is 8.20. The van der Waals surface area contributed by atoms with Gasteiger partial charge in [-0.1, -0.05) is 54.6 Å². The van der Waals surface area contributed by atoms with Crippen LogP contribution in [-0.2, 0) is 10.0 Å². The summed E-state index contributed by atoms with van der Waals surface area (Å²) in [6.07, 6.45) is 1.56. The van der Waals surface area contributed by atoms with E-state index in [-0.39, 0.29) is 4.90 Å². The molecule has 1 aromatic heterocycles. The zero-order valence-corrected chi connectivity index (χ0v) is 16.5. The van der Waals surface area contributed by atoms with Gasteiger partial charge in [-0.05, 0) is 26.0 Å². The summed E-state index contributed by atoms with van der Waals surface area (Å²) in [5, 5.41) is 1.39. The first-order valence-electron chi connectivity index (χ1n) is 9.04. The quantitative estimate of drug-likeness (QED) is 0.496. The number of aryl methyl sites for hydroxylation is 1. The van der Waals surface area contributed by atoms with E-state index in [4.69, 9.17) is 4.74 Å². The molecular weight excluding hydrogens is 372 g/mol. The molecule has 5 nitrogen and oxygen atoms in total. The van der Waals surface area contributed by atoms with Crippen LogP contribution in [0.25, 0.3) is 22.2 Å². The van der Waals surface area contributed by atoms with Gasteiger partial charge in [0, 0.05) is 22.5 Å². The Morgan fingerprint density at radius 2 is 1.61 bits per heavy atom. The number of ether oxygens (including phenoxy) is 1. The lowest BCUT2D eigenvalue weighted by Gasteiger charge is -2.14. The van der Waals surface area contributed by atoms with E-state index in [9.17, 15) is 8.42 Å². The second kappa shape index (κ2) is 7.13. The maximum atomic E-state index is 13.6. The van der Waals surface area contributed by atoms with Crippen LogP contribution in [0.15, 0.2) is 77.8 Å². The summed E-state index contributed by atoms with van der Waals surface area (Å²) in [4.78, 5) is 4.68. The number of fused-ring (bicyclic) bond motifs is 1. The fourth-order valence-electron chi connectivity index (χ4n) is 3.29. The Labute approximate surface area is 164 Å². The molecule has 0 unspecified atom stereocenters. The third kappa shape index (κ3) is 3.05. The summed E-state index contributed by atoms with van der Waals surface area (Å²) >= 11 is 0. The molecular formula is C22H20N2O3S. The highest BCUT2D eigenvalue weighted by molar-refractivity contribution is 7.90. The predicted octanol–water partition coefficient (Wildman–Crippen LogP) is 4.65. The van der Waals surface area contributed by atoms with Crippen LogP contribution in [0.4, 0.5) is 0 Å². The van der Waals surface area contributed by atoms with Crippen molar-refractivity contribution in [2.45, 2.75) is 18.7 Å². The molecule has 0 aliphatic carbocycles. The molecule has 0 atom stereocenters. The van der Waals surface area contributed by atoms with Crippen molar-refractivity contribution in [1.29, 1.82) is 0 Å². The van der Waals surface area contributed by atoms with E-state index in [1.165, 1.54) is 3.97 Å². The van der Waals surface area contributed by atoms with Crippen LogP contribution in [0.2, 0.25) is 0 Å². The Morgan fingerprint density at radius 3 is 2.32 bits per heavy atom. The lowest BCUT2D eigenvalue weighted by molar-refractivity contribution is 0.344. The minimum absolute atomic E-state index is 0.223. The van der Waals surface area contributed by atoms with Gasteiger partial charge in [0.05, 0.1) is 17.2 Å². The van der Waals surface area contributed by atoms with Crippen molar-refractivity contribution in [1.82, 2.24) is 8.96 Å². The second-order valence-electron chi connectivity index (χ2n) is 6.41. The summed E-state index contributed by atoms with van der Waals surface area (Å²) in [6, 6.07) is 20.0. The van der Waals surface area contributed by atoms with Crippen molar-refractivity contribution in [3.8, 4) is 17.1 Å². The van der Waals surface area contributed by atoms with Gasteiger partial charge in [-0.15, -0.1) is 0 Å². The van der Waals surface area contributed by atoms with Gasteiger partial charge in [0.25, 0.3) is 10.0 Å². The summed E-state index contributed by atoms with van der Waals surface area (Å²) < 4.78 is 34.2. The zero-order chi connectivity index (χ0) is 19.7. The standard InChI is InChI=1S/C22H20N2O3S/c1-3-27-20-13-14-21(19-12-8-7-11-18(19)20)28(25,26)24-15-16(2)23-22(24)17-9-5-4-6-10-17/h4-15H,3H2,1-2H3. The monoisotopic (exact) mass is 392 g/mol. The molecule has 0 N–H and O–H groups in total. The number of hydrogen-bond donors (Lipinski definition) is 0. The van der Waals surface area contributed by atoms with Crippen molar-refractivity contribution in [3.63, 3.8) is 0 Å². The molecule has 6 heteroatoms. The Balaban J connectivity index is 1.96. The van der Waals surface area contributed by atoms with Gasteiger partial charge in [-0.3, -0.25) is 0 Å². The van der Waals surface area contributed by atoms with Crippen molar-refractivity contribution < 1.29 is 13.2 Å². The molecule has 0 aliphatic heterocycles. The first-order chi connectivity index (χ1) is 13.5. The zero-order valence-electron chi connectivity index (χ0n) is 15.7. The summed E-state index contributed by atoms with van der Waals surface area (Å²) in [7, 11) is -3.86. The van der Waals surface area contributed by atoms with Crippen LogP contribution in [0.5, 0.6) is 5.75 Å². The highest BCUT2D eigenvalue weighted by atomic mass is 32.2. The van der Waals surface area contributed by atoms with E-state index in [0.717, 1.165) is 10.9 Å². The Bertz CT molecular complexity index is 1250. The molecule has 0 aliphatic rings. The van der Waals surface area contributed by atoms with Crippen LogP contribution >= 0.6 is 0 Å². The Kier molecular flexibility index (Phi) is 4.65. The highest BCUT2D eigenvalue weighted by Crippen LogP contribution is 2.33. The minimum Gasteiger partial charge on any atom is -0.493 e. The Hall–Kier alpha value is -3.12. The fraction of sp³-hybridized carbons (Fsp3) is 0.136. The van der Waals surface area contributed by atoms with Crippen LogP contribution in [-0.4, -0.2) is 24.0 Å². The smallest absolute Gasteiger partial charge is 0.270 e. The third-order valence-electron chi connectivity index (χ3n) is 4.51. The molecule has 0 radical (unpaired) electrons. The largest absolute Gasteiger partial charge is 0.493 e. The Morgan fingerprint density at radius 1 is 0.929 bits per heavy atom. The number of benzene rings is 3. The molecule has 0 fully saturated rings. The van der Waals surface area contributed by atoms with Crippen LogP contribution in [0.3, 0.4) is 0 Å². The van der Waals surface area contributed by atoms with Crippen LogP contribution in [0.1, 0.15) is 12.6 Å². The molecule has 1 heterocycles. The van der Waals surface area contributed by atoms with E-state index >= 15 is 0 Å². The van der Waals surface area contributed by atoms with E-state index < -0.39 is 10.0 Å². The number of nitrogens with zero attached hydrogens (tertiary/aromatic N) is 2. The summed E-state index contributed by atoms with van der Waals surface area (Å²) in [5.74, 6) is 1.07. The summed E-state index contributed by atoms with van der Waals surface area (Å²) in [6.45, 7) is 4.20. The van der Waals surface area contributed by atoms with Gasteiger partial charge in [-0.2, -0.15) is 0 Å². The number of aromatic nitrogens is 2. The molecule has 0 spiro atoms. The normalized spacial score (nSPS) is 11.6. The van der Waals surface area contributed by atoms with Crippen LogP contribution in [0, 0.1) is 6.92 Å². The lowest BCUT2D eigenvalue weighted by atomic mass is 10.1. The maximum absolute atomic E-state index is 13.6. The molecule has 28 heavy (non-hydrogen) atoms. The average molecular weight is 392 g/mol. The molecule has 0 bridgehead atoms. The first kappa shape index (κ1) is 18.3. The molecule has 142 valence electrons. The van der Waals surface area contributed by atoms with Gasteiger partial charge in [-0.25, -0.2) is 17.4 Å². The molecule has 0 saturated carbocycles. The van der Waals surface area contributed by atoms with Gasteiger partial charge in [0.1, 0.15) is 5.75 Å². The molecule has 0 amide bonds.